The number of para-hydroxylation sites is 1. The molecule has 4 rings (SSSR count). The fourth-order valence-corrected chi connectivity index (χ4v) is 3.36. The Balaban J connectivity index is 1.27. The Hall–Kier alpha value is -3.22. The molecule has 3 amide bonds. The summed E-state index contributed by atoms with van der Waals surface area (Å²) in [6.07, 6.45) is 2.21. The van der Waals surface area contributed by atoms with Crippen LogP contribution in [0.3, 0.4) is 0 Å². The first-order chi connectivity index (χ1) is 13.2. The molecule has 0 radical (unpaired) electrons. The largest absolute Gasteiger partial charge is 0.454 e. The lowest BCUT2D eigenvalue weighted by atomic mass is 10.0. The molecule has 0 saturated heterocycles. The molecule has 140 valence electrons. The third-order valence-corrected chi connectivity index (χ3v) is 4.67. The van der Waals surface area contributed by atoms with Crippen LogP contribution in [0.2, 0.25) is 0 Å². The SMILES string of the molecule is O=C(NCCC(=O)N1CCCc2ccccc21)Nc1ccc2c(c1)OCO2. The van der Waals surface area contributed by atoms with E-state index in [0.717, 1.165) is 25.1 Å². The van der Waals surface area contributed by atoms with Crippen molar-refractivity contribution in [3.05, 3.63) is 48.0 Å². The third kappa shape index (κ3) is 3.81. The first-order valence-corrected chi connectivity index (χ1v) is 9.03. The van der Waals surface area contributed by atoms with Gasteiger partial charge >= 0.3 is 6.03 Å². The Bertz CT molecular complexity index is 868. The van der Waals surface area contributed by atoms with Crippen LogP contribution in [0.1, 0.15) is 18.4 Å². The van der Waals surface area contributed by atoms with Crippen molar-refractivity contribution in [3.8, 4) is 11.5 Å². The van der Waals surface area contributed by atoms with Crippen molar-refractivity contribution in [2.24, 2.45) is 0 Å². The third-order valence-electron chi connectivity index (χ3n) is 4.67. The molecule has 0 spiro atoms. The predicted molar refractivity (Wildman–Crippen MR) is 101 cm³/mol. The standard InChI is InChI=1S/C20H21N3O4/c24-19(23-11-3-5-14-4-1-2-6-16(14)23)9-10-21-20(25)22-15-7-8-17-18(12-15)27-13-26-17/h1-2,4,6-8,12H,3,5,9-11,13H2,(H2,21,22,25). The second-order valence-corrected chi connectivity index (χ2v) is 6.48. The maximum absolute atomic E-state index is 12.6. The average molecular weight is 367 g/mol. The minimum atomic E-state index is -0.360. The molecule has 2 heterocycles. The van der Waals surface area contributed by atoms with Gasteiger partial charge in [-0.05, 0) is 36.6 Å². The second kappa shape index (κ2) is 7.57. The number of aryl methyl sites for hydroxylation is 1. The summed E-state index contributed by atoms with van der Waals surface area (Å²) in [5.74, 6) is 1.28. The molecule has 0 saturated carbocycles. The van der Waals surface area contributed by atoms with Crippen LogP contribution in [0.5, 0.6) is 11.5 Å². The molecule has 7 nitrogen and oxygen atoms in total. The molecular formula is C20H21N3O4. The zero-order valence-electron chi connectivity index (χ0n) is 14.9. The number of carbonyl (C=O) groups is 2. The summed E-state index contributed by atoms with van der Waals surface area (Å²) in [4.78, 5) is 26.4. The van der Waals surface area contributed by atoms with Gasteiger partial charge in [0.05, 0.1) is 0 Å². The highest BCUT2D eigenvalue weighted by molar-refractivity contribution is 5.95. The van der Waals surface area contributed by atoms with E-state index in [0.29, 0.717) is 17.2 Å². The van der Waals surface area contributed by atoms with Crippen LogP contribution in [0.15, 0.2) is 42.5 Å². The van der Waals surface area contributed by atoms with Crippen LogP contribution in [0.25, 0.3) is 0 Å². The van der Waals surface area contributed by atoms with Crippen LogP contribution >= 0.6 is 0 Å². The van der Waals surface area contributed by atoms with E-state index in [9.17, 15) is 9.59 Å². The monoisotopic (exact) mass is 367 g/mol. The zero-order chi connectivity index (χ0) is 18.6. The van der Waals surface area contributed by atoms with E-state index in [1.807, 2.05) is 23.1 Å². The second-order valence-electron chi connectivity index (χ2n) is 6.48. The number of fused-ring (bicyclic) bond motifs is 2. The highest BCUT2D eigenvalue weighted by atomic mass is 16.7. The smallest absolute Gasteiger partial charge is 0.319 e. The van der Waals surface area contributed by atoms with Gasteiger partial charge in [-0.3, -0.25) is 4.79 Å². The van der Waals surface area contributed by atoms with Crippen LogP contribution in [0.4, 0.5) is 16.2 Å². The number of hydrogen-bond acceptors (Lipinski definition) is 4. The fourth-order valence-electron chi connectivity index (χ4n) is 3.36. The Morgan fingerprint density at radius 3 is 2.85 bits per heavy atom. The number of ether oxygens (including phenoxy) is 2. The van der Waals surface area contributed by atoms with E-state index in [1.165, 1.54) is 5.56 Å². The van der Waals surface area contributed by atoms with E-state index < -0.39 is 0 Å². The Labute approximate surface area is 157 Å². The number of hydrogen-bond donors (Lipinski definition) is 2. The van der Waals surface area contributed by atoms with Crippen LogP contribution in [-0.4, -0.2) is 31.8 Å². The van der Waals surface area contributed by atoms with Gasteiger partial charge in [0, 0.05) is 37.0 Å². The number of nitrogens with one attached hydrogen (secondary N) is 2. The normalized spacial score (nSPS) is 14.4. The number of benzene rings is 2. The Morgan fingerprint density at radius 2 is 1.93 bits per heavy atom. The molecule has 2 aliphatic rings. The molecule has 7 heteroatoms. The number of rotatable bonds is 4. The molecule has 0 aromatic heterocycles. The average Bonchev–Trinajstić information content (AvgIpc) is 3.15. The summed E-state index contributed by atoms with van der Waals surface area (Å²) in [6, 6.07) is 12.8. The molecule has 0 atom stereocenters. The Morgan fingerprint density at radius 1 is 1.07 bits per heavy atom. The van der Waals surface area contributed by atoms with E-state index >= 15 is 0 Å². The lowest BCUT2D eigenvalue weighted by Gasteiger charge is -2.29. The van der Waals surface area contributed by atoms with Crippen LogP contribution in [-0.2, 0) is 11.2 Å². The summed E-state index contributed by atoms with van der Waals surface area (Å²) in [6.45, 7) is 1.18. The number of nitrogens with zero attached hydrogens (tertiary/aromatic N) is 1. The van der Waals surface area contributed by atoms with Crippen molar-refractivity contribution in [1.82, 2.24) is 5.32 Å². The van der Waals surface area contributed by atoms with Crippen molar-refractivity contribution in [1.29, 1.82) is 0 Å². The summed E-state index contributed by atoms with van der Waals surface area (Å²) in [5.41, 5.74) is 2.79. The molecule has 0 unspecified atom stereocenters. The van der Waals surface area contributed by atoms with Gasteiger partial charge in [-0.2, -0.15) is 0 Å². The minimum Gasteiger partial charge on any atom is -0.454 e. The molecule has 2 aliphatic heterocycles. The van der Waals surface area contributed by atoms with E-state index in [4.69, 9.17) is 9.47 Å². The molecule has 2 aromatic rings. The van der Waals surface area contributed by atoms with E-state index in [-0.39, 0.29) is 31.7 Å². The summed E-state index contributed by atoms with van der Waals surface area (Å²) in [5, 5.41) is 5.45. The number of urea groups is 1. The first kappa shape index (κ1) is 17.2. The summed E-state index contributed by atoms with van der Waals surface area (Å²) in [7, 11) is 0. The highest BCUT2D eigenvalue weighted by Gasteiger charge is 2.21. The highest BCUT2D eigenvalue weighted by Crippen LogP contribution is 2.34. The molecular weight excluding hydrogens is 346 g/mol. The van der Waals surface area contributed by atoms with Gasteiger partial charge in [0.15, 0.2) is 11.5 Å². The van der Waals surface area contributed by atoms with Gasteiger partial charge in [-0.15, -0.1) is 0 Å². The van der Waals surface area contributed by atoms with E-state index in [1.54, 1.807) is 18.2 Å². The van der Waals surface area contributed by atoms with Gasteiger partial charge in [-0.25, -0.2) is 4.79 Å². The first-order valence-electron chi connectivity index (χ1n) is 9.03. The van der Waals surface area contributed by atoms with Crippen molar-refractivity contribution >= 4 is 23.3 Å². The van der Waals surface area contributed by atoms with Crippen LogP contribution < -0.4 is 25.0 Å². The molecule has 2 N–H and O–H groups in total. The van der Waals surface area contributed by atoms with Gasteiger partial charge in [0.2, 0.25) is 12.7 Å². The lowest BCUT2D eigenvalue weighted by molar-refractivity contribution is -0.118. The Kier molecular flexibility index (Phi) is 4.82. The van der Waals surface area contributed by atoms with Crippen molar-refractivity contribution < 1.29 is 19.1 Å². The predicted octanol–water partition coefficient (Wildman–Crippen LogP) is 2.91. The van der Waals surface area contributed by atoms with Gasteiger partial charge in [0.1, 0.15) is 0 Å². The van der Waals surface area contributed by atoms with Gasteiger partial charge in [0.25, 0.3) is 0 Å². The van der Waals surface area contributed by atoms with Gasteiger partial charge < -0.3 is 25.0 Å². The molecule has 2 aromatic carbocycles. The summed E-state index contributed by atoms with van der Waals surface area (Å²) < 4.78 is 10.5. The molecule has 0 aliphatic carbocycles. The number of amides is 3. The number of carbonyl (C=O) groups excluding carboxylic acids is 2. The lowest BCUT2D eigenvalue weighted by Crippen LogP contribution is -2.38. The molecule has 27 heavy (non-hydrogen) atoms. The quantitative estimate of drug-likeness (QED) is 0.871. The van der Waals surface area contributed by atoms with E-state index in [2.05, 4.69) is 16.7 Å². The fraction of sp³-hybridized carbons (Fsp3) is 0.300. The molecule has 0 bridgehead atoms. The molecule has 0 fully saturated rings. The van der Waals surface area contributed by atoms with Crippen molar-refractivity contribution in [2.45, 2.75) is 19.3 Å². The van der Waals surface area contributed by atoms with Crippen molar-refractivity contribution in [3.63, 3.8) is 0 Å². The maximum Gasteiger partial charge on any atom is 0.319 e. The zero-order valence-corrected chi connectivity index (χ0v) is 14.9. The minimum absolute atomic E-state index is 0.0190. The number of anilines is 2. The summed E-state index contributed by atoms with van der Waals surface area (Å²) >= 11 is 0. The van der Waals surface area contributed by atoms with Crippen molar-refractivity contribution in [2.75, 3.05) is 30.1 Å². The maximum atomic E-state index is 12.6. The topological polar surface area (TPSA) is 79.9 Å². The van der Waals surface area contributed by atoms with Crippen LogP contribution in [0, 0.1) is 0 Å². The van der Waals surface area contributed by atoms with Gasteiger partial charge in [-0.1, -0.05) is 18.2 Å².